The van der Waals surface area contributed by atoms with Gasteiger partial charge in [-0.2, -0.15) is 4.39 Å². The zero-order valence-electron chi connectivity index (χ0n) is 10.6. The van der Waals surface area contributed by atoms with Gasteiger partial charge in [-0.15, -0.1) is 11.8 Å². The molecule has 21 heavy (non-hydrogen) atoms. The number of amides is 1. The van der Waals surface area contributed by atoms with E-state index in [1.807, 2.05) is 0 Å². The molecule has 1 saturated heterocycles. The average molecular weight is 321 g/mol. The number of hydrogen-bond donors (Lipinski definition) is 2. The minimum absolute atomic E-state index is 0.0967. The monoisotopic (exact) mass is 321 g/mol. The minimum atomic E-state index is -1.80. The molecular formula is C12H10F3NO4S. The molecule has 0 saturated carbocycles. The van der Waals surface area contributed by atoms with Crippen molar-refractivity contribution in [3.63, 3.8) is 0 Å². The lowest BCUT2D eigenvalue weighted by Crippen LogP contribution is -2.45. The van der Waals surface area contributed by atoms with Gasteiger partial charge in [-0.1, -0.05) is 0 Å². The molecule has 1 fully saturated rings. The molecule has 0 bridgehead atoms. The summed E-state index contributed by atoms with van der Waals surface area (Å²) in [5.41, 5.74) is -0.910. The summed E-state index contributed by atoms with van der Waals surface area (Å²) >= 11 is 1.15. The van der Waals surface area contributed by atoms with Gasteiger partial charge >= 0.3 is 5.97 Å². The summed E-state index contributed by atoms with van der Waals surface area (Å²) in [5, 5.41) is 17.6. The van der Waals surface area contributed by atoms with Gasteiger partial charge < -0.3 is 15.1 Å². The molecule has 1 aliphatic rings. The predicted molar refractivity (Wildman–Crippen MR) is 67.5 cm³/mol. The summed E-state index contributed by atoms with van der Waals surface area (Å²) in [5.74, 6) is -8.93. The third-order valence-corrected chi connectivity index (χ3v) is 4.32. The summed E-state index contributed by atoms with van der Waals surface area (Å²) in [4.78, 5) is 24.2. The molecule has 2 unspecified atom stereocenters. The van der Waals surface area contributed by atoms with Crippen molar-refractivity contribution in [1.29, 1.82) is 0 Å². The normalized spacial score (nSPS) is 21.6. The van der Waals surface area contributed by atoms with E-state index in [0.29, 0.717) is 6.07 Å². The molecule has 9 heteroatoms. The molecule has 1 aliphatic heterocycles. The zero-order chi connectivity index (χ0) is 15.9. The van der Waals surface area contributed by atoms with Crippen LogP contribution in [0.1, 0.15) is 17.3 Å². The number of benzene rings is 1. The van der Waals surface area contributed by atoms with Crippen molar-refractivity contribution < 1.29 is 33.0 Å². The van der Waals surface area contributed by atoms with Crippen molar-refractivity contribution in [3.8, 4) is 5.75 Å². The topological polar surface area (TPSA) is 77.8 Å². The summed E-state index contributed by atoms with van der Waals surface area (Å²) in [7, 11) is 0. The van der Waals surface area contributed by atoms with E-state index in [1.54, 1.807) is 0 Å². The van der Waals surface area contributed by atoms with Gasteiger partial charge in [0.25, 0.3) is 5.91 Å². The van der Waals surface area contributed by atoms with Crippen molar-refractivity contribution in [2.75, 3.05) is 5.75 Å². The van der Waals surface area contributed by atoms with E-state index in [0.717, 1.165) is 16.7 Å². The number of hydrogen-bond acceptors (Lipinski definition) is 4. The Kier molecular flexibility index (Phi) is 4.04. The summed E-state index contributed by atoms with van der Waals surface area (Å²) in [6.07, 6.45) is 0. The fraction of sp³-hybridized carbons (Fsp3) is 0.333. The van der Waals surface area contributed by atoms with Crippen LogP contribution in [0.5, 0.6) is 5.75 Å². The molecule has 0 aromatic heterocycles. The van der Waals surface area contributed by atoms with E-state index in [1.165, 1.54) is 6.92 Å². The van der Waals surface area contributed by atoms with Gasteiger partial charge in [-0.3, -0.25) is 4.79 Å². The number of aliphatic carboxylic acids is 1. The summed E-state index contributed by atoms with van der Waals surface area (Å²) in [6, 6.07) is -0.895. The van der Waals surface area contributed by atoms with Crippen molar-refractivity contribution in [2.45, 2.75) is 18.3 Å². The van der Waals surface area contributed by atoms with E-state index in [9.17, 15) is 22.8 Å². The van der Waals surface area contributed by atoms with Gasteiger partial charge in [-0.05, 0) is 13.0 Å². The third-order valence-electron chi connectivity index (χ3n) is 3.11. The Morgan fingerprint density at radius 3 is 2.52 bits per heavy atom. The van der Waals surface area contributed by atoms with Crippen LogP contribution in [-0.4, -0.2) is 44.2 Å². The Balaban J connectivity index is 2.47. The Labute approximate surface area is 121 Å². The number of nitrogens with zero attached hydrogens (tertiary/aromatic N) is 1. The second kappa shape index (κ2) is 5.47. The van der Waals surface area contributed by atoms with Crippen molar-refractivity contribution in [2.24, 2.45) is 0 Å². The molecule has 5 nitrogen and oxygen atoms in total. The molecule has 1 heterocycles. The van der Waals surface area contributed by atoms with Crippen molar-refractivity contribution in [3.05, 3.63) is 29.1 Å². The number of halogens is 3. The number of phenols is 1. The van der Waals surface area contributed by atoms with Crippen LogP contribution in [-0.2, 0) is 4.79 Å². The maximum Gasteiger partial charge on any atom is 0.327 e. The summed E-state index contributed by atoms with van der Waals surface area (Å²) in [6.45, 7) is 1.53. The molecule has 2 N–H and O–H groups in total. The van der Waals surface area contributed by atoms with Crippen LogP contribution < -0.4 is 0 Å². The Bertz CT molecular complexity index is 625. The molecule has 1 aromatic rings. The predicted octanol–water partition coefficient (Wildman–Crippen LogP) is 1.80. The molecule has 1 aromatic carbocycles. The van der Waals surface area contributed by atoms with Crippen LogP contribution in [0.2, 0.25) is 0 Å². The van der Waals surface area contributed by atoms with Gasteiger partial charge in [0, 0.05) is 5.75 Å². The first-order chi connectivity index (χ1) is 9.75. The maximum atomic E-state index is 13.7. The maximum absolute atomic E-state index is 13.7. The van der Waals surface area contributed by atoms with Gasteiger partial charge in [0.05, 0.1) is 10.9 Å². The highest BCUT2D eigenvalue weighted by Gasteiger charge is 2.41. The minimum Gasteiger partial charge on any atom is -0.503 e. The number of carboxylic acid groups (broad SMARTS) is 1. The lowest BCUT2D eigenvalue weighted by atomic mass is 10.1. The van der Waals surface area contributed by atoms with E-state index in [4.69, 9.17) is 10.2 Å². The van der Waals surface area contributed by atoms with Gasteiger partial charge in [-0.25, -0.2) is 13.6 Å². The van der Waals surface area contributed by atoms with Gasteiger partial charge in [0.1, 0.15) is 6.04 Å². The fourth-order valence-corrected chi connectivity index (χ4v) is 3.19. The van der Waals surface area contributed by atoms with E-state index >= 15 is 0 Å². The number of carbonyl (C=O) groups is 2. The number of aromatic hydroxyl groups is 1. The first-order valence-corrected chi connectivity index (χ1v) is 6.84. The second-order valence-corrected chi connectivity index (χ2v) is 5.73. The number of carbonyl (C=O) groups excluding carboxylic acids is 1. The highest BCUT2D eigenvalue weighted by atomic mass is 32.2. The van der Waals surface area contributed by atoms with Crippen molar-refractivity contribution in [1.82, 2.24) is 4.90 Å². The fourth-order valence-electron chi connectivity index (χ4n) is 2.03. The SMILES string of the molecule is CC1SCC(C(=O)O)N1C(=O)c1cc(F)c(F)c(O)c1F. The second-order valence-electron chi connectivity index (χ2n) is 4.38. The Morgan fingerprint density at radius 1 is 1.33 bits per heavy atom. The third kappa shape index (κ3) is 2.53. The number of rotatable bonds is 2. The quantitative estimate of drug-likeness (QED) is 0.812. The molecule has 0 radical (unpaired) electrons. The molecule has 0 aliphatic carbocycles. The smallest absolute Gasteiger partial charge is 0.327 e. The van der Waals surface area contributed by atoms with Crippen molar-refractivity contribution >= 4 is 23.6 Å². The molecule has 1 amide bonds. The van der Waals surface area contributed by atoms with E-state index in [-0.39, 0.29) is 5.75 Å². The molecule has 114 valence electrons. The average Bonchev–Trinajstić information content (AvgIpc) is 2.81. The Morgan fingerprint density at radius 2 is 1.95 bits per heavy atom. The van der Waals surface area contributed by atoms with Crippen LogP contribution in [0, 0.1) is 17.5 Å². The van der Waals surface area contributed by atoms with Crippen LogP contribution >= 0.6 is 11.8 Å². The van der Waals surface area contributed by atoms with E-state index < -0.39 is 52.1 Å². The van der Waals surface area contributed by atoms with Crippen LogP contribution in [0.25, 0.3) is 0 Å². The standard InChI is InChI=1S/C12H10F3NO4S/c1-4-16(7(3-21-4)12(19)20)11(18)5-2-6(13)9(15)10(17)8(5)14/h2,4,7,17H,3H2,1H3,(H,19,20). The van der Waals surface area contributed by atoms with Crippen LogP contribution in [0.4, 0.5) is 13.2 Å². The highest BCUT2D eigenvalue weighted by molar-refractivity contribution is 8.00. The lowest BCUT2D eigenvalue weighted by Gasteiger charge is -2.25. The van der Waals surface area contributed by atoms with Crippen LogP contribution in [0.15, 0.2) is 6.07 Å². The number of thioether (sulfide) groups is 1. The zero-order valence-corrected chi connectivity index (χ0v) is 11.5. The van der Waals surface area contributed by atoms with E-state index in [2.05, 4.69) is 0 Å². The number of carboxylic acids is 1. The molecule has 2 rings (SSSR count). The van der Waals surface area contributed by atoms with Crippen LogP contribution in [0.3, 0.4) is 0 Å². The number of phenolic OH excluding ortho intramolecular Hbond substituents is 1. The highest BCUT2D eigenvalue weighted by Crippen LogP contribution is 2.33. The van der Waals surface area contributed by atoms with Gasteiger partial charge in [0.2, 0.25) is 5.82 Å². The first kappa shape index (κ1) is 15.5. The molecule has 2 atom stereocenters. The Hall–Kier alpha value is -1.90. The molecular weight excluding hydrogens is 311 g/mol. The lowest BCUT2D eigenvalue weighted by molar-refractivity contribution is -0.141. The summed E-state index contributed by atoms with van der Waals surface area (Å²) < 4.78 is 40.0. The van der Waals surface area contributed by atoms with Gasteiger partial charge in [0.15, 0.2) is 17.4 Å². The largest absolute Gasteiger partial charge is 0.503 e. The first-order valence-electron chi connectivity index (χ1n) is 5.79. The molecule has 0 spiro atoms.